The number of aliphatic hydroxyl groups excluding tert-OH is 1. The van der Waals surface area contributed by atoms with E-state index in [2.05, 4.69) is 19.2 Å². The number of allylic oxidation sites excluding steroid dienone is 2. The molecule has 26 heavy (non-hydrogen) atoms. The van der Waals surface area contributed by atoms with Crippen LogP contribution >= 0.6 is 0 Å². The number of fused-ring (bicyclic) bond motifs is 4. The quantitative estimate of drug-likeness (QED) is 0.520. The largest absolute Gasteiger partial charge is 0.489 e. The Morgan fingerprint density at radius 2 is 2.08 bits per heavy atom. The van der Waals surface area contributed by atoms with Gasteiger partial charge in [-0.05, 0) is 19.3 Å². The van der Waals surface area contributed by atoms with Gasteiger partial charge in [-0.3, -0.25) is 9.59 Å². The van der Waals surface area contributed by atoms with Crippen molar-refractivity contribution in [3.63, 3.8) is 0 Å². The smallest absolute Gasteiger partial charge is 0.226 e. The Labute approximate surface area is 153 Å². The fourth-order valence-corrected chi connectivity index (χ4v) is 4.69. The second-order valence-corrected chi connectivity index (χ2v) is 7.96. The summed E-state index contributed by atoms with van der Waals surface area (Å²) in [4.78, 5) is 28.2. The lowest BCUT2D eigenvalue weighted by molar-refractivity contribution is -0.137. The number of nitrogens with one attached hydrogen (secondary N) is 1. The van der Waals surface area contributed by atoms with Crippen LogP contribution in [0.5, 0.6) is 0 Å². The number of hydrogen-bond donors (Lipinski definition) is 2. The zero-order valence-electron chi connectivity index (χ0n) is 15.7. The third-order valence-electron chi connectivity index (χ3n) is 6.10. The zero-order valence-corrected chi connectivity index (χ0v) is 15.7. The third-order valence-corrected chi connectivity index (χ3v) is 6.10. The Balaban J connectivity index is 1.70. The number of carbonyl (C=O) groups is 2. The minimum Gasteiger partial charge on any atom is -0.489 e. The molecule has 142 valence electrons. The van der Waals surface area contributed by atoms with Crippen molar-refractivity contribution in [3.05, 3.63) is 22.6 Å². The summed E-state index contributed by atoms with van der Waals surface area (Å²) < 4.78 is 11.6. The number of hydrogen-bond acceptors (Lipinski definition) is 7. The summed E-state index contributed by atoms with van der Waals surface area (Å²) in [7, 11) is 1.58. The van der Waals surface area contributed by atoms with Crippen molar-refractivity contribution in [2.45, 2.75) is 45.0 Å². The molecule has 0 radical (unpaired) electrons. The maximum atomic E-state index is 13.2. The van der Waals surface area contributed by atoms with Crippen LogP contribution in [0, 0.1) is 11.8 Å². The SMILES string of the molecule is COC12C(CO)C3=C(C(=O)C(C)=C(OCCC(C)C)C3=O)N1CC1NC12. The van der Waals surface area contributed by atoms with E-state index in [4.69, 9.17) is 9.47 Å². The third kappa shape index (κ3) is 2.11. The van der Waals surface area contributed by atoms with Crippen molar-refractivity contribution in [1.29, 1.82) is 0 Å². The van der Waals surface area contributed by atoms with E-state index in [0.717, 1.165) is 6.42 Å². The normalized spacial score (nSPS) is 35.3. The first kappa shape index (κ1) is 17.7. The average molecular weight is 362 g/mol. The predicted octanol–water partition coefficient (Wildman–Crippen LogP) is 0.350. The van der Waals surface area contributed by atoms with E-state index >= 15 is 0 Å². The molecule has 1 aliphatic carbocycles. The van der Waals surface area contributed by atoms with Gasteiger partial charge in [-0.15, -0.1) is 0 Å². The van der Waals surface area contributed by atoms with Crippen LogP contribution in [0.3, 0.4) is 0 Å². The van der Waals surface area contributed by atoms with Crippen molar-refractivity contribution in [1.82, 2.24) is 10.2 Å². The standard InChI is InChI=1S/C19H26N2O5/c1-9(2)5-6-26-17-10(3)15(23)14-13(16(17)24)11(8-22)19(25-4)18-12(20-18)7-21(14)19/h9,11-12,18,20,22H,5-8H2,1-4H3. The highest BCUT2D eigenvalue weighted by Gasteiger charge is 2.72. The molecule has 4 rings (SSSR count). The maximum absolute atomic E-state index is 13.2. The number of ether oxygens (including phenoxy) is 2. The average Bonchev–Trinajstić information content (AvgIpc) is 3.21. The summed E-state index contributed by atoms with van der Waals surface area (Å²) >= 11 is 0. The van der Waals surface area contributed by atoms with Gasteiger partial charge in [-0.25, -0.2) is 0 Å². The Bertz CT molecular complexity index is 740. The van der Waals surface area contributed by atoms with Crippen molar-refractivity contribution >= 4 is 11.6 Å². The highest BCUT2D eigenvalue weighted by atomic mass is 16.5. The molecule has 2 fully saturated rings. The summed E-state index contributed by atoms with van der Waals surface area (Å²) in [6.45, 7) is 6.53. The molecule has 0 saturated carbocycles. The van der Waals surface area contributed by atoms with Crippen LogP contribution in [0.2, 0.25) is 0 Å². The van der Waals surface area contributed by atoms with Crippen LogP contribution in [-0.2, 0) is 19.1 Å². The van der Waals surface area contributed by atoms with Gasteiger partial charge in [-0.1, -0.05) is 13.8 Å². The molecule has 0 spiro atoms. The molecule has 7 heteroatoms. The molecule has 4 atom stereocenters. The second-order valence-electron chi connectivity index (χ2n) is 7.96. The monoisotopic (exact) mass is 362 g/mol. The maximum Gasteiger partial charge on any atom is 0.226 e. The summed E-state index contributed by atoms with van der Waals surface area (Å²) in [6.07, 6.45) is 0.801. The molecule has 4 unspecified atom stereocenters. The van der Waals surface area contributed by atoms with Crippen molar-refractivity contribution in [3.8, 4) is 0 Å². The molecule has 2 saturated heterocycles. The van der Waals surface area contributed by atoms with Crippen LogP contribution in [0.15, 0.2) is 22.6 Å². The van der Waals surface area contributed by atoms with Crippen LogP contribution in [-0.4, -0.2) is 66.2 Å². The zero-order chi connectivity index (χ0) is 18.8. The first-order valence-corrected chi connectivity index (χ1v) is 9.25. The van der Waals surface area contributed by atoms with Crippen LogP contribution < -0.4 is 5.32 Å². The van der Waals surface area contributed by atoms with Gasteiger partial charge in [0.15, 0.2) is 11.5 Å². The lowest BCUT2D eigenvalue weighted by Gasteiger charge is -2.39. The fraction of sp³-hybridized carbons (Fsp3) is 0.684. The van der Waals surface area contributed by atoms with E-state index in [1.807, 2.05) is 4.90 Å². The number of piperazine rings is 1. The van der Waals surface area contributed by atoms with E-state index in [1.165, 1.54) is 0 Å². The van der Waals surface area contributed by atoms with Gasteiger partial charge in [0.25, 0.3) is 0 Å². The van der Waals surface area contributed by atoms with Gasteiger partial charge < -0.3 is 24.8 Å². The molecule has 3 aliphatic heterocycles. The van der Waals surface area contributed by atoms with E-state index in [1.54, 1.807) is 14.0 Å². The van der Waals surface area contributed by atoms with Gasteiger partial charge in [0, 0.05) is 30.8 Å². The molecular weight excluding hydrogens is 336 g/mol. The topological polar surface area (TPSA) is 98.0 Å². The minimum absolute atomic E-state index is 0.0152. The van der Waals surface area contributed by atoms with Crippen LogP contribution in [0.25, 0.3) is 0 Å². The highest BCUT2D eigenvalue weighted by Crippen LogP contribution is 2.55. The number of aliphatic hydroxyl groups is 1. The summed E-state index contributed by atoms with van der Waals surface area (Å²) in [6, 6.07) is 0.246. The molecule has 7 nitrogen and oxygen atoms in total. The number of rotatable bonds is 6. The molecule has 4 aliphatic rings. The molecule has 2 N–H and O–H groups in total. The predicted molar refractivity (Wildman–Crippen MR) is 92.9 cm³/mol. The van der Waals surface area contributed by atoms with E-state index in [9.17, 15) is 14.7 Å². The Kier molecular flexibility index (Phi) is 4.02. The molecule has 0 aromatic heterocycles. The Hall–Kier alpha value is -1.70. The van der Waals surface area contributed by atoms with Crippen molar-refractivity contribution in [2.24, 2.45) is 11.8 Å². The second kappa shape index (κ2) is 5.90. The number of Topliss-reactive ketones (excluding diaryl/α,β-unsaturated/α-hetero) is 2. The van der Waals surface area contributed by atoms with Gasteiger partial charge in [0.2, 0.25) is 11.6 Å². The summed E-state index contributed by atoms with van der Waals surface area (Å²) in [5.74, 6) is -0.487. The lowest BCUT2D eigenvalue weighted by Crippen LogP contribution is -2.54. The molecule has 0 aromatic carbocycles. The van der Waals surface area contributed by atoms with Crippen LogP contribution in [0.4, 0.5) is 0 Å². The van der Waals surface area contributed by atoms with Gasteiger partial charge >= 0.3 is 0 Å². The first-order chi connectivity index (χ1) is 12.4. The van der Waals surface area contributed by atoms with E-state index in [0.29, 0.717) is 35.9 Å². The van der Waals surface area contributed by atoms with E-state index in [-0.39, 0.29) is 36.0 Å². The minimum atomic E-state index is -0.872. The van der Waals surface area contributed by atoms with Crippen molar-refractivity contribution in [2.75, 3.05) is 26.9 Å². The molecule has 0 aromatic rings. The highest BCUT2D eigenvalue weighted by molar-refractivity contribution is 6.25. The Morgan fingerprint density at radius 1 is 1.35 bits per heavy atom. The van der Waals surface area contributed by atoms with E-state index < -0.39 is 11.6 Å². The molecule has 0 amide bonds. The fourth-order valence-electron chi connectivity index (χ4n) is 4.69. The number of methoxy groups -OCH3 is 1. The van der Waals surface area contributed by atoms with Crippen LogP contribution in [0.1, 0.15) is 27.2 Å². The summed E-state index contributed by atoms with van der Waals surface area (Å²) in [5, 5.41) is 13.4. The van der Waals surface area contributed by atoms with Gasteiger partial charge in [0.05, 0.1) is 30.9 Å². The Morgan fingerprint density at radius 3 is 2.69 bits per heavy atom. The van der Waals surface area contributed by atoms with Gasteiger partial charge in [-0.2, -0.15) is 0 Å². The first-order valence-electron chi connectivity index (χ1n) is 9.25. The number of carbonyl (C=O) groups excluding carboxylic acids is 2. The lowest BCUT2D eigenvalue weighted by atomic mass is 9.83. The number of nitrogens with zero attached hydrogens (tertiary/aromatic N) is 1. The number of ketones is 2. The molecular formula is C19H26N2O5. The van der Waals surface area contributed by atoms with Gasteiger partial charge in [0.1, 0.15) is 0 Å². The molecule has 3 heterocycles. The summed E-state index contributed by atoms with van der Waals surface area (Å²) in [5.41, 5.74) is 0.202. The molecule has 0 bridgehead atoms. The van der Waals surface area contributed by atoms with Crippen molar-refractivity contribution < 1.29 is 24.2 Å².